The lowest BCUT2D eigenvalue weighted by Crippen LogP contribution is -1.90. The first-order valence-corrected chi connectivity index (χ1v) is 3.87. The van der Waals surface area contributed by atoms with Gasteiger partial charge in [0.05, 0.1) is 0 Å². The lowest BCUT2D eigenvalue weighted by Gasteiger charge is -1.95. The minimum atomic E-state index is 0.959. The third kappa shape index (κ3) is 1.98. The van der Waals surface area contributed by atoms with E-state index in [2.05, 4.69) is 6.92 Å². The number of hydrogen-bond acceptors (Lipinski definition) is 1. The first-order chi connectivity index (χ1) is 4.38. The van der Waals surface area contributed by atoms with E-state index >= 15 is 0 Å². The number of rotatable bonds is 4. The molecule has 0 N–H and O–H groups in total. The van der Waals surface area contributed by atoms with E-state index in [-0.39, 0.29) is 0 Å². The molecule has 54 valence electrons. The molecule has 1 nitrogen and oxygen atoms in total. The van der Waals surface area contributed by atoms with E-state index in [1.54, 1.807) is 7.11 Å². The molecule has 0 radical (unpaired) electrons. The molecule has 0 spiro atoms. The van der Waals surface area contributed by atoms with Gasteiger partial charge < -0.3 is 4.74 Å². The van der Waals surface area contributed by atoms with E-state index in [9.17, 15) is 0 Å². The molecule has 0 aromatic rings. The highest BCUT2D eigenvalue weighted by molar-refractivity contribution is 4.84. The van der Waals surface area contributed by atoms with E-state index in [1.807, 2.05) is 0 Å². The van der Waals surface area contributed by atoms with Gasteiger partial charge in [0.2, 0.25) is 0 Å². The van der Waals surface area contributed by atoms with Crippen molar-refractivity contribution in [2.75, 3.05) is 13.7 Å². The molecular weight excluding hydrogens is 112 g/mol. The van der Waals surface area contributed by atoms with Gasteiger partial charge in [-0.3, -0.25) is 0 Å². The Morgan fingerprint density at radius 1 is 1.44 bits per heavy atom. The first kappa shape index (κ1) is 7.07. The van der Waals surface area contributed by atoms with Gasteiger partial charge in [0, 0.05) is 13.7 Å². The molecule has 0 aliphatic heterocycles. The average molecular weight is 128 g/mol. The fourth-order valence-electron chi connectivity index (χ4n) is 1.43. The maximum atomic E-state index is 4.99. The Hall–Kier alpha value is -0.0400. The molecule has 1 aliphatic carbocycles. The predicted octanol–water partition coefficient (Wildman–Crippen LogP) is 2.07. The Morgan fingerprint density at radius 3 is 2.67 bits per heavy atom. The first-order valence-electron chi connectivity index (χ1n) is 3.87. The Bertz CT molecular complexity index is 80.6. The van der Waals surface area contributed by atoms with E-state index < -0.39 is 0 Å². The van der Waals surface area contributed by atoms with Gasteiger partial charge in [0.15, 0.2) is 0 Å². The van der Waals surface area contributed by atoms with Crippen molar-refractivity contribution in [3.8, 4) is 0 Å². The van der Waals surface area contributed by atoms with Crippen LogP contribution in [0.4, 0.5) is 0 Å². The van der Waals surface area contributed by atoms with Crippen molar-refractivity contribution in [3.63, 3.8) is 0 Å². The van der Waals surface area contributed by atoms with Crippen molar-refractivity contribution in [1.82, 2.24) is 0 Å². The third-order valence-corrected chi connectivity index (χ3v) is 2.29. The molecule has 1 fully saturated rings. The fraction of sp³-hybridized carbons (Fsp3) is 1.00. The third-order valence-electron chi connectivity index (χ3n) is 2.29. The molecule has 2 unspecified atom stereocenters. The summed E-state index contributed by atoms with van der Waals surface area (Å²) in [4.78, 5) is 0. The molecule has 1 aliphatic rings. The van der Waals surface area contributed by atoms with Crippen LogP contribution < -0.4 is 0 Å². The van der Waals surface area contributed by atoms with Gasteiger partial charge in [-0.2, -0.15) is 0 Å². The summed E-state index contributed by atoms with van der Waals surface area (Å²) >= 11 is 0. The Balaban J connectivity index is 1.92. The van der Waals surface area contributed by atoms with Crippen LogP contribution in [-0.4, -0.2) is 13.7 Å². The van der Waals surface area contributed by atoms with Crippen LogP contribution in [0.2, 0.25) is 0 Å². The van der Waals surface area contributed by atoms with Crippen molar-refractivity contribution >= 4 is 0 Å². The van der Waals surface area contributed by atoms with Gasteiger partial charge >= 0.3 is 0 Å². The van der Waals surface area contributed by atoms with Gasteiger partial charge in [-0.25, -0.2) is 0 Å². The summed E-state index contributed by atoms with van der Waals surface area (Å²) in [6.45, 7) is 3.23. The molecule has 9 heavy (non-hydrogen) atoms. The highest BCUT2D eigenvalue weighted by Crippen LogP contribution is 2.43. The molecule has 1 rings (SSSR count). The molecule has 2 atom stereocenters. The minimum Gasteiger partial charge on any atom is -0.385 e. The van der Waals surface area contributed by atoms with Crippen LogP contribution in [0.3, 0.4) is 0 Å². The average Bonchev–Trinajstić information content (AvgIpc) is 2.62. The van der Waals surface area contributed by atoms with Crippen molar-refractivity contribution in [3.05, 3.63) is 0 Å². The van der Waals surface area contributed by atoms with Crippen molar-refractivity contribution in [2.24, 2.45) is 11.8 Å². The van der Waals surface area contributed by atoms with Gasteiger partial charge in [-0.05, 0) is 24.7 Å². The highest BCUT2D eigenvalue weighted by Gasteiger charge is 2.34. The summed E-state index contributed by atoms with van der Waals surface area (Å²) < 4.78 is 4.99. The molecular formula is C8H16O. The van der Waals surface area contributed by atoms with E-state index in [4.69, 9.17) is 4.74 Å². The number of hydrogen-bond donors (Lipinski definition) is 0. The molecule has 0 aromatic heterocycles. The zero-order chi connectivity index (χ0) is 6.69. The maximum Gasteiger partial charge on any atom is 0.0465 e. The van der Waals surface area contributed by atoms with E-state index in [0.29, 0.717) is 0 Å². The Labute approximate surface area is 57.4 Å². The molecule has 0 aromatic carbocycles. The second kappa shape index (κ2) is 3.21. The quantitative estimate of drug-likeness (QED) is 0.563. The van der Waals surface area contributed by atoms with Crippen LogP contribution in [-0.2, 0) is 4.74 Å². The Morgan fingerprint density at radius 2 is 2.22 bits per heavy atom. The summed E-state index contributed by atoms with van der Waals surface area (Å²) in [6.07, 6.45) is 4.11. The normalized spacial score (nSPS) is 32.7. The summed E-state index contributed by atoms with van der Waals surface area (Å²) in [5, 5.41) is 0. The van der Waals surface area contributed by atoms with Gasteiger partial charge in [0.25, 0.3) is 0 Å². The zero-order valence-corrected chi connectivity index (χ0v) is 6.39. The summed E-state index contributed by atoms with van der Waals surface area (Å²) in [5.74, 6) is 2.05. The standard InChI is InChI=1S/C8H16O/c1-3-7-6-8(7)4-5-9-2/h7-8H,3-6H2,1-2H3. The zero-order valence-electron chi connectivity index (χ0n) is 6.39. The molecule has 1 heteroatoms. The SMILES string of the molecule is CCC1CC1CCOC. The lowest BCUT2D eigenvalue weighted by molar-refractivity contribution is 0.188. The summed E-state index contributed by atoms with van der Waals surface area (Å²) in [5.41, 5.74) is 0. The van der Waals surface area contributed by atoms with Crippen molar-refractivity contribution in [2.45, 2.75) is 26.2 Å². The topological polar surface area (TPSA) is 9.23 Å². The number of methoxy groups -OCH3 is 1. The highest BCUT2D eigenvalue weighted by atomic mass is 16.5. The van der Waals surface area contributed by atoms with Crippen molar-refractivity contribution < 1.29 is 4.74 Å². The van der Waals surface area contributed by atoms with Crippen LogP contribution in [0.25, 0.3) is 0 Å². The smallest absolute Gasteiger partial charge is 0.0465 e. The van der Waals surface area contributed by atoms with Crippen LogP contribution in [0.5, 0.6) is 0 Å². The molecule has 1 saturated carbocycles. The van der Waals surface area contributed by atoms with E-state index in [0.717, 1.165) is 18.4 Å². The fourth-order valence-corrected chi connectivity index (χ4v) is 1.43. The monoisotopic (exact) mass is 128 g/mol. The molecule has 0 bridgehead atoms. The second-order valence-electron chi connectivity index (χ2n) is 2.95. The predicted molar refractivity (Wildman–Crippen MR) is 38.4 cm³/mol. The number of ether oxygens (including phenoxy) is 1. The van der Waals surface area contributed by atoms with Crippen LogP contribution in [0.1, 0.15) is 26.2 Å². The maximum absolute atomic E-state index is 4.99. The summed E-state index contributed by atoms with van der Waals surface area (Å²) in [6, 6.07) is 0. The van der Waals surface area contributed by atoms with Gasteiger partial charge in [0.1, 0.15) is 0 Å². The van der Waals surface area contributed by atoms with Crippen LogP contribution >= 0.6 is 0 Å². The molecule has 0 heterocycles. The minimum absolute atomic E-state index is 0.959. The molecule has 0 saturated heterocycles. The van der Waals surface area contributed by atoms with Gasteiger partial charge in [-0.15, -0.1) is 0 Å². The van der Waals surface area contributed by atoms with E-state index in [1.165, 1.54) is 19.3 Å². The summed E-state index contributed by atoms with van der Waals surface area (Å²) in [7, 11) is 1.78. The van der Waals surface area contributed by atoms with Crippen LogP contribution in [0.15, 0.2) is 0 Å². The Kier molecular flexibility index (Phi) is 2.52. The molecule has 0 amide bonds. The van der Waals surface area contributed by atoms with Crippen molar-refractivity contribution in [1.29, 1.82) is 0 Å². The largest absolute Gasteiger partial charge is 0.385 e. The lowest BCUT2D eigenvalue weighted by atomic mass is 10.2. The van der Waals surface area contributed by atoms with Crippen LogP contribution in [0, 0.1) is 11.8 Å². The second-order valence-corrected chi connectivity index (χ2v) is 2.95. The van der Waals surface area contributed by atoms with Gasteiger partial charge in [-0.1, -0.05) is 13.3 Å².